The van der Waals surface area contributed by atoms with E-state index in [9.17, 15) is 0 Å². The van der Waals surface area contributed by atoms with Crippen molar-refractivity contribution in [3.63, 3.8) is 0 Å². The lowest BCUT2D eigenvalue weighted by Crippen LogP contribution is -1.99. The number of hydrogen-bond donors (Lipinski definition) is 1. The molecule has 0 bridgehead atoms. The fourth-order valence-corrected chi connectivity index (χ4v) is 1.66. The van der Waals surface area contributed by atoms with Crippen molar-refractivity contribution in [3.05, 3.63) is 35.6 Å². The van der Waals surface area contributed by atoms with Crippen LogP contribution in [0.2, 0.25) is 0 Å². The molecule has 0 aliphatic carbocycles. The molecule has 2 rings (SSSR count). The molecular weight excluding hydrogens is 174 g/mol. The monoisotopic (exact) mass is 189 g/mol. The Hall–Kier alpha value is -1.28. The molecule has 0 unspecified atom stereocenters. The van der Waals surface area contributed by atoms with Crippen molar-refractivity contribution in [3.8, 4) is 0 Å². The van der Waals surface area contributed by atoms with E-state index in [2.05, 4.69) is 31.2 Å². The lowest BCUT2D eigenvalue weighted by atomic mass is 10.1. The number of hydrogen-bond acceptors (Lipinski definition) is 2. The molecule has 2 aromatic rings. The minimum absolute atomic E-state index is 0.718. The third-order valence-electron chi connectivity index (χ3n) is 2.42. The van der Waals surface area contributed by atoms with Crippen LogP contribution in [0.15, 0.2) is 28.7 Å². The SMILES string of the molecule is Cc1cccc2cc(CCCN)oc12. The highest BCUT2D eigenvalue weighted by molar-refractivity contribution is 5.80. The quantitative estimate of drug-likeness (QED) is 0.806. The summed E-state index contributed by atoms with van der Waals surface area (Å²) in [6.07, 6.45) is 1.92. The number of furan rings is 1. The Morgan fingerprint density at radius 3 is 2.93 bits per heavy atom. The second kappa shape index (κ2) is 3.84. The summed E-state index contributed by atoms with van der Waals surface area (Å²) in [6, 6.07) is 8.31. The second-order valence-electron chi connectivity index (χ2n) is 3.60. The fraction of sp³-hybridized carbons (Fsp3) is 0.333. The van der Waals surface area contributed by atoms with Crippen LogP contribution in [0.4, 0.5) is 0 Å². The summed E-state index contributed by atoms with van der Waals surface area (Å²) in [5, 5.41) is 1.19. The molecule has 0 amide bonds. The molecule has 1 heterocycles. The zero-order chi connectivity index (χ0) is 9.97. The average molecular weight is 189 g/mol. The molecule has 2 N–H and O–H groups in total. The van der Waals surface area contributed by atoms with Gasteiger partial charge in [-0.25, -0.2) is 0 Å². The predicted octanol–water partition coefficient (Wildman–Crippen LogP) is 2.63. The highest BCUT2D eigenvalue weighted by atomic mass is 16.3. The molecule has 0 aliphatic heterocycles. The third kappa shape index (κ3) is 1.66. The first-order valence-electron chi connectivity index (χ1n) is 4.99. The van der Waals surface area contributed by atoms with Gasteiger partial charge < -0.3 is 10.2 Å². The summed E-state index contributed by atoms with van der Waals surface area (Å²) >= 11 is 0. The number of para-hydroxylation sites is 1. The van der Waals surface area contributed by atoms with E-state index in [0.717, 1.165) is 30.7 Å². The Morgan fingerprint density at radius 1 is 1.36 bits per heavy atom. The summed E-state index contributed by atoms with van der Waals surface area (Å²) in [4.78, 5) is 0. The molecule has 0 atom stereocenters. The first-order chi connectivity index (χ1) is 6.81. The lowest BCUT2D eigenvalue weighted by molar-refractivity contribution is 0.538. The Balaban J connectivity index is 2.36. The normalized spacial score (nSPS) is 11.0. The highest BCUT2D eigenvalue weighted by Gasteiger charge is 2.04. The number of benzene rings is 1. The van der Waals surface area contributed by atoms with Crippen molar-refractivity contribution in [1.82, 2.24) is 0 Å². The van der Waals surface area contributed by atoms with E-state index < -0.39 is 0 Å². The van der Waals surface area contributed by atoms with Crippen LogP contribution >= 0.6 is 0 Å². The van der Waals surface area contributed by atoms with Gasteiger partial charge >= 0.3 is 0 Å². The standard InChI is InChI=1S/C12H15NO/c1-9-4-2-5-10-8-11(6-3-7-13)14-12(9)10/h2,4-5,8H,3,6-7,13H2,1H3. The molecule has 1 aromatic carbocycles. The molecule has 2 heteroatoms. The number of aryl methyl sites for hydroxylation is 2. The Kier molecular flexibility index (Phi) is 2.55. The van der Waals surface area contributed by atoms with Crippen molar-refractivity contribution >= 4 is 11.0 Å². The summed E-state index contributed by atoms with van der Waals surface area (Å²) < 4.78 is 5.75. The topological polar surface area (TPSA) is 39.2 Å². The molecular formula is C12H15NO. The van der Waals surface area contributed by atoms with Gasteiger partial charge in [0.05, 0.1) is 0 Å². The highest BCUT2D eigenvalue weighted by Crippen LogP contribution is 2.22. The molecule has 74 valence electrons. The van der Waals surface area contributed by atoms with E-state index in [4.69, 9.17) is 10.2 Å². The van der Waals surface area contributed by atoms with E-state index in [1.54, 1.807) is 0 Å². The fourth-order valence-electron chi connectivity index (χ4n) is 1.66. The van der Waals surface area contributed by atoms with Crippen molar-refractivity contribution < 1.29 is 4.42 Å². The second-order valence-corrected chi connectivity index (χ2v) is 3.60. The van der Waals surface area contributed by atoms with Gasteiger partial charge in [0.2, 0.25) is 0 Å². The molecule has 0 radical (unpaired) electrons. The van der Waals surface area contributed by atoms with E-state index in [-0.39, 0.29) is 0 Å². The van der Waals surface area contributed by atoms with E-state index >= 15 is 0 Å². The minimum atomic E-state index is 0.718. The molecule has 2 nitrogen and oxygen atoms in total. The van der Waals surface area contributed by atoms with Crippen molar-refractivity contribution in [1.29, 1.82) is 0 Å². The molecule has 0 aliphatic rings. The third-order valence-corrected chi connectivity index (χ3v) is 2.42. The van der Waals surface area contributed by atoms with Gasteiger partial charge in [-0.15, -0.1) is 0 Å². The van der Waals surface area contributed by atoms with Gasteiger partial charge in [-0.05, 0) is 31.5 Å². The molecule has 14 heavy (non-hydrogen) atoms. The van der Waals surface area contributed by atoms with Crippen LogP contribution < -0.4 is 5.73 Å². The molecule has 0 saturated heterocycles. The van der Waals surface area contributed by atoms with Crippen LogP contribution in [0.5, 0.6) is 0 Å². The van der Waals surface area contributed by atoms with Gasteiger partial charge in [-0.3, -0.25) is 0 Å². The van der Waals surface area contributed by atoms with Crippen molar-refractivity contribution in [2.45, 2.75) is 19.8 Å². The Bertz CT molecular complexity index is 431. The van der Waals surface area contributed by atoms with Gasteiger partial charge in [-0.1, -0.05) is 18.2 Å². The lowest BCUT2D eigenvalue weighted by Gasteiger charge is -1.93. The molecule has 1 aromatic heterocycles. The smallest absolute Gasteiger partial charge is 0.137 e. The van der Waals surface area contributed by atoms with Crippen LogP contribution in [0.1, 0.15) is 17.7 Å². The zero-order valence-corrected chi connectivity index (χ0v) is 8.42. The van der Waals surface area contributed by atoms with Gasteiger partial charge in [0.1, 0.15) is 11.3 Å². The van der Waals surface area contributed by atoms with Gasteiger partial charge in [0.25, 0.3) is 0 Å². The molecule has 0 fully saturated rings. The number of rotatable bonds is 3. The summed E-state index contributed by atoms with van der Waals surface area (Å²) in [5.74, 6) is 1.04. The van der Waals surface area contributed by atoms with Crippen molar-refractivity contribution in [2.24, 2.45) is 5.73 Å². The molecule has 0 spiro atoms. The maximum Gasteiger partial charge on any atom is 0.137 e. The first-order valence-corrected chi connectivity index (χ1v) is 4.99. The molecule has 0 saturated carbocycles. The zero-order valence-electron chi connectivity index (χ0n) is 8.42. The van der Waals surface area contributed by atoms with Crippen LogP contribution in [0, 0.1) is 6.92 Å². The first kappa shape index (κ1) is 9.28. The summed E-state index contributed by atoms with van der Waals surface area (Å²) in [6.45, 7) is 2.79. The van der Waals surface area contributed by atoms with E-state index in [1.165, 1.54) is 10.9 Å². The van der Waals surface area contributed by atoms with Gasteiger partial charge in [-0.2, -0.15) is 0 Å². The number of fused-ring (bicyclic) bond motifs is 1. The summed E-state index contributed by atoms with van der Waals surface area (Å²) in [5.41, 5.74) is 7.67. The minimum Gasteiger partial charge on any atom is -0.461 e. The number of nitrogens with two attached hydrogens (primary N) is 1. The van der Waals surface area contributed by atoms with E-state index in [1.807, 2.05) is 0 Å². The van der Waals surface area contributed by atoms with Gasteiger partial charge in [0, 0.05) is 11.8 Å². The maximum absolute atomic E-state index is 5.75. The van der Waals surface area contributed by atoms with Crippen LogP contribution in [0.25, 0.3) is 11.0 Å². The summed E-state index contributed by atoms with van der Waals surface area (Å²) in [7, 11) is 0. The largest absolute Gasteiger partial charge is 0.461 e. The van der Waals surface area contributed by atoms with Crippen molar-refractivity contribution in [2.75, 3.05) is 6.54 Å². The van der Waals surface area contributed by atoms with E-state index in [0.29, 0.717) is 0 Å². The van der Waals surface area contributed by atoms with Gasteiger partial charge in [0.15, 0.2) is 0 Å². The Labute approximate surface area is 83.7 Å². The van der Waals surface area contributed by atoms with Crippen LogP contribution in [-0.4, -0.2) is 6.54 Å². The maximum atomic E-state index is 5.75. The van der Waals surface area contributed by atoms with Crippen LogP contribution in [-0.2, 0) is 6.42 Å². The average Bonchev–Trinajstić information content (AvgIpc) is 2.59. The predicted molar refractivity (Wildman–Crippen MR) is 58.3 cm³/mol. The van der Waals surface area contributed by atoms with Crippen LogP contribution in [0.3, 0.4) is 0 Å². The Morgan fingerprint density at radius 2 is 2.21 bits per heavy atom.